The summed E-state index contributed by atoms with van der Waals surface area (Å²) in [4.78, 5) is 23.1. The highest BCUT2D eigenvalue weighted by Crippen LogP contribution is 2.37. The lowest BCUT2D eigenvalue weighted by Crippen LogP contribution is -2.17. The van der Waals surface area contributed by atoms with Gasteiger partial charge >= 0.3 is 0 Å². The van der Waals surface area contributed by atoms with Gasteiger partial charge in [0.2, 0.25) is 0 Å². The van der Waals surface area contributed by atoms with Crippen LogP contribution < -0.4 is 14.8 Å². The fourth-order valence-corrected chi connectivity index (χ4v) is 2.94. The lowest BCUT2D eigenvalue weighted by molar-refractivity contribution is -0.384. The number of methoxy groups -OCH3 is 1. The number of carbonyl (C=O) groups is 1. The van der Waals surface area contributed by atoms with Crippen LogP contribution in [0.1, 0.15) is 16.1 Å². The Labute approximate surface area is 153 Å². The van der Waals surface area contributed by atoms with Gasteiger partial charge in [0.15, 0.2) is 0 Å². The van der Waals surface area contributed by atoms with Crippen molar-refractivity contribution < 1.29 is 19.2 Å². The third kappa shape index (κ3) is 2.84. The van der Waals surface area contributed by atoms with Gasteiger partial charge in [-0.2, -0.15) is 5.10 Å². The number of rotatable bonds is 4. The van der Waals surface area contributed by atoms with Gasteiger partial charge in [-0.3, -0.25) is 20.0 Å². The fourth-order valence-electron chi connectivity index (χ4n) is 2.94. The lowest BCUT2D eigenvalue weighted by atomic mass is 10.0. The molecule has 2 aromatic carbocycles. The Bertz CT molecular complexity index is 1060. The van der Waals surface area contributed by atoms with Crippen LogP contribution in [-0.4, -0.2) is 28.1 Å². The van der Waals surface area contributed by atoms with Crippen LogP contribution in [0.4, 0.5) is 11.4 Å². The molecule has 4 rings (SSSR count). The van der Waals surface area contributed by atoms with Crippen LogP contribution in [0.25, 0.3) is 11.3 Å². The molecule has 0 saturated carbocycles. The molecule has 136 valence electrons. The Morgan fingerprint density at radius 1 is 1.33 bits per heavy atom. The van der Waals surface area contributed by atoms with Crippen LogP contribution in [0.3, 0.4) is 0 Å². The van der Waals surface area contributed by atoms with Crippen molar-refractivity contribution in [1.82, 2.24) is 10.2 Å². The van der Waals surface area contributed by atoms with E-state index in [-0.39, 0.29) is 23.7 Å². The molecule has 0 aliphatic carbocycles. The molecular formula is C18H14N4O5. The number of H-pyrrole nitrogens is 1. The van der Waals surface area contributed by atoms with E-state index in [1.54, 1.807) is 0 Å². The molecule has 1 amide bonds. The number of carbonyl (C=O) groups excluding carboxylic acids is 1. The maximum Gasteiger partial charge on any atom is 0.274 e. The molecule has 9 nitrogen and oxygen atoms in total. The van der Waals surface area contributed by atoms with E-state index in [1.807, 2.05) is 24.3 Å². The van der Waals surface area contributed by atoms with Gasteiger partial charge in [0, 0.05) is 17.2 Å². The number of fused-ring (bicyclic) bond motifs is 3. The predicted octanol–water partition coefficient (Wildman–Crippen LogP) is 3.14. The monoisotopic (exact) mass is 366 g/mol. The number of benzene rings is 2. The van der Waals surface area contributed by atoms with Crippen LogP contribution in [-0.2, 0) is 6.61 Å². The Morgan fingerprint density at radius 3 is 2.93 bits per heavy atom. The zero-order valence-electron chi connectivity index (χ0n) is 14.2. The molecule has 1 aromatic heterocycles. The summed E-state index contributed by atoms with van der Waals surface area (Å²) in [6.45, 7) is 0.211. The zero-order chi connectivity index (χ0) is 19.0. The van der Waals surface area contributed by atoms with Crippen molar-refractivity contribution in [3.05, 3.63) is 63.8 Å². The van der Waals surface area contributed by atoms with Crippen LogP contribution in [0.2, 0.25) is 0 Å². The molecule has 0 saturated heterocycles. The molecular weight excluding hydrogens is 352 g/mol. The Hall–Kier alpha value is -3.88. The van der Waals surface area contributed by atoms with E-state index in [2.05, 4.69) is 15.5 Å². The number of nitro groups is 1. The quantitative estimate of drug-likeness (QED) is 0.541. The van der Waals surface area contributed by atoms with Gasteiger partial charge in [-0.25, -0.2) is 0 Å². The minimum absolute atomic E-state index is 0.131. The van der Waals surface area contributed by atoms with E-state index in [9.17, 15) is 14.9 Å². The van der Waals surface area contributed by atoms with Gasteiger partial charge in [-0.15, -0.1) is 0 Å². The number of para-hydroxylation sites is 1. The summed E-state index contributed by atoms with van der Waals surface area (Å²) >= 11 is 0. The minimum atomic E-state index is -0.534. The van der Waals surface area contributed by atoms with Gasteiger partial charge in [0.05, 0.1) is 23.8 Å². The van der Waals surface area contributed by atoms with Crippen molar-refractivity contribution in [3.8, 4) is 22.8 Å². The molecule has 27 heavy (non-hydrogen) atoms. The van der Waals surface area contributed by atoms with Crippen molar-refractivity contribution in [1.29, 1.82) is 0 Å². The Morgan fingerprint density at radius 2 is 2.15 bits per heavy atom. The largest absolute Gasteiger partial charge is 0.494 e. The molecule has 0 unspecified atom stereocenters. The topological polar surface area (TPSA) is 119 Å². The first-order chi connectivity index (χ1) is 13.1. The van der Waals surface area contributed by atoms with Crippen molar-refractivity contribution in [2.75, 3.05) is 12.4 Å². The first-order valence-electron chi connectivity index (χ1n) is 8.01. The summed E-state index contributed by atoms with van der Waals surface area (Å²) < 4.78 is 10.8. The van der Waals surface area contributed by atoms with E-state index in [0.29, 0.717) is 22.7 Å². The molecule has 0 bridgehead atoms. The summed E-state index contributed by atoms with van der Waals surface area (Å²) in [5.74, 6) is 0.451. The molecule has 1 aliphatic rings. The van der Waals surface area contributed by atoms with Crippen molar-refractivity contribution in [2.45, 2.75) is 6.61 Å². The summed E-state index contributed by atoms with van der Waals surface area (Å²) in [5.41, 5.74) is 2.56. The lowest BCUT2D eigenvalue weighted by Gasteiger charge is -2.17. The SMILES string of the molecule is COc1cc([N+](=O)[O-])ccc1NC(=O)c1[nH]nc2c1COc1ccccc1-2. The van der Waals surface area contributed by atoms with Crippen molar-refractivity contribution >= 4 is 17.3 Å². The maximum atomic E-state index is 12.7. The molecule has 0 fully saturated rings. The van der Waals surface area contributed by atoms with E-state index in [1.165, 1.54) is 25.3 Å². The highest BCUT2D eigenvalue weighted by Gasteiger charge is 2.26. The summed E-state index contributed by atoms with van der Waals surface area (Å²) in [5, 5.41) is 20.6. The smallest absolute Gasteiger partial charge is 0.274 e. The van der Waals surface area contributed by atoms with Gasteiger partial charge < -0.3 is 14.8 Å². The van der Waals surface area contributed by atoms with E-state index >= 15 is 0 Å². The van der Waals surface area contributed by atoms with Gasteiger partial charge in [-0.1, -0.05) is 12.1 Å². The minimum Gasteiger partial charge on any atom is -0.494 e. The van der Waals surface area contributed by atoms with Gasteiger partial charge in [-0.05, 0) is 18.2 Å². The van der Waals surface area contributed by atoms with Crippen molar-refractivity contribution in [3.63, 3.8) is 0 Å². The number of anilines is 1. The van der Waals surface area contributed by atoms with E-state index < -0.39 is 10.8 Å². The van der Waals surface area contributed by atoms with E-state index in [0.717, 1.165) is 5.56 Å². The third-order valence-corrected chi connectivity index (χ3v) is 4.25. The van der Waals surface area contributed by atoms with Gasteiger partial charge in [0.25, 0.3) is 11.6 Å². The van der Waals surface area contributed by atoms with Crippen LogP contribution in [0.5, 0.6) is 11.5 Å². The van der Waals surface area contributed by atoms with Crippen LogP contribution in [0.15, 0.2) is 42.5 Å². The zero-order valence-corrected chi connectivity index (χ0v) is 14.2. The number of nitrogens with one attached hydrogen (secondary N) is 2. The van der Waals surface area contributed by atoms with E-state index in [4.69, 9.17) is 9.47 Å². The number of aromatic nitrogens is 2. The number of hydrogen-bond donors (Lipinski definition) is 2. The van der Waals surface area contributed by atoms with Crippen molar-refractivity contribution in [2.24, 2.45) is 0 Å². The van der Waals surface area contributed by atoms with Crippen LogP contribution in [0, 0.1) is 10.1 Å². The first-order valence-corrected chi connectivity index (χ1v) is 8.01. The van der Waals surface area contributed by atoms with Crippen LogP contribution >= 0.6 is 0 Å². The molecule has 0 atom stereocenters. The molecule has 3 aromatic rings. The number of amides is 1. The molecule has 0 radical (unpaired) electrons. The number of nitro benzene ring substituents is 1. The third-order valence-electron chi connectivity index (χ3n) is 4.25. The average molecular weight is 366 g/mol. The number of aromatic amines is 1. The number of non-ortho nitro benzene ring substituents is 1. The number of nitrogens with zero attached hydrogens (tertiary/aromatic N) is 2. The second-order valence-corrected chi connectivity index (χ2v) is 5.81. The fraction of sp³-hybridized carbons (Fsp3) is 0.111. The Balaban J connectivity index is 1.65. The first kappa shape index (κ1) is 16.6. The highest BCUT2D eigenvalue weighted by atomic mass is 16.6. The summed E-state index contributed by atoms with van der Waals surface area (Å²) in [6.07, 6.45) is 0. The maximum absolute atomic E-state index is 12.7. The average Bonchev–Trinajstić information content (AvgIpc) is 3.12. The highest BCUT2D eigenvalue weighted by molar-refractivity contribution is 6.05. The molecule has 2 N–H and O–H groups in total. The molecule has 2 heterocycles. The van der Waals surface area contributed by atoms with Gasteiger partial charge in [0.1, 0.15) is 29.5 Å². The second kappa shape index (κ2) is 6.45. The molecule has 1 aliphatic heterocycles. The number of hydrogen-bond acceptors (Lipinski definition) is 6. The molecule has 9 heteroatoms. The standard InChI is InChI=1S/C18H14N4O5/c1-26-15-8-10(22(24)25)6-7-13(15)19-18(23)17-12-9-27-14-5-3-2-4-11(14)16(12)20-21-17/h2-8H,9H2,1H3,(H,19,23)(H,20,21). The summed E-state index contributed by atoms with van der Waals surface area (Å²) in [6, 6.07) is 11.4. The second-order valence-electron chi connectivity index (χ2n) is 5.81. The summed E-state index contributed by atoms with van der Waals surface area (Å²) in [7, 11) is 1.37. The normalized spacial score (nSPS) is 11.7. The predicted molar refractivity (Wildman–Crippen MR) is 96.0 cm³/mol. The number of ether oxygens (including phenoxy) is 2. The molecule has 0 spiro atoms. The Kier molecular flexibility index (Phi) is 3.96.